The number of urea groups is 1. The Bertz CT molecular complexity index is 338. The molecule has 0 spiro atoms. The Balaban J connectivity index is 1.58. The van der Waals surface area contributed by atoms with Gasteiger partial charge in [-0.2, -0.15) is 0 Å². The van der Waals surface area contributed by atoms with Crippen molar-refractivity contribution in [1.29, 1.82) is 0 Å². The quantitative estimate of drug-likeness (QED) is 0.576. The van der Waals surface area contributed by atoms with Crippen LogP contribution in [-0.4, -0.2) is 42.4 Å². The third kappa shape index (κ3) is 4.70. The first kappa shape index (κ1) is 14.1. The van der Waals surface area contributed by atoms with Gasteiger partial charge in [0.1, 0.15) is 0 Å². The lowest BCUT2D eigenvalue weighted by Gasteiger charge is -2.41. The Hall–Kier alpha value is -1.30. The molecule has 0 aromatic carbocycles. The van der Waals surface area contributed by atoms with E-state index in [0.29, 0.717) is 13.2 Å². The number of aliphatic carboxylic acids is 1. The molecule has 0 aromatic rings. The van der Waals surface area contributed by atoms with Gasteiger partial charge in [-0.3, -0.25) is 4.79 Å². The van der Waals surface area contributed by atoms with Crippen molar-refractivity contribution in [1.82, 2.24) is 10.6 Å². The fourth-order valence-corrected chi connectivity index (χ4v) is 2.30. The highest BCUT2D eigenvalue weighted by molar-refractivity contribution is 5.77. The molecule has 2 saturated carbocycles. The second-order valence-electron chi connectivity index (χ2n) is 5.60. The summed E-state index contributed by atoms with van der Waals surface area (Å²) in [5, 5.41) is 14.3. The van der Waals surface area contributed by atoms with Gasteiger partial charge in [-0.15, -0.1) is 0 Å². The Labute approximate surface area is 112 Å². The van der Waals surface area contributed by atoms with Gasteiger partial charge in [-0.05, 0) is 38.0 Å². The minimum atomic E-state index is -0.868. The van der Waals surface area contributed by atoms with Crippen LogP contribution in [0.3, 0.4) is 0 Å². The van der Waals surface area contributed by atoms with Crippen LogP contribution in [0.2, 0.25) is 0 Å². The lowest BCUT2D eigenvalue weighted by atomic mass is 9.74. The van der Waals surface area contributed by atoms with E-state index < -0.39 is 11.5 Å². The van der Waals surface area contributed by atoms with E-state index in [4.69, 9.17) is 9.84 Å². The number of carbonyl (C=O) groups is 2. The molecule has 19 heavy (non-hydrogen) atoms. The van der Waals surface area contributed by atoms with E-state index in [9.17, 15) is 9.59 Å². The molecule has 108 valence electrons. The van der Waals surface area contributed by atoms with Gasteiger partial charge in [0, 0.05) is 13.2 Å². The maximum absolute atomic E-state index is 11.7. The molecular formula is C13H22N2O4. The summed E-state index contributed by atoms with van der Waals surface area (Å²) in [6.07, 6.45) is 4.96. The number of rotatable bonds is 8. The zero-order valence-corrected chi connectivity index (χ0v) is 11.1. The molecule has 0 radical (unpaired) electrons. The topological polar surface area (TPSA) is 87.7 Å². The summed E-state index contributed by atoms with van der Waals surface area (Å²) in [6, 6.07) is -0.295. The van der Waals surface area contributed by atoms with Crippen molar-refractivity contribution in [3.05, 3.63) is 0 Å². The molecule has 0 heterocycles. The van der Waals surface area contributed by atoms with Crippen molar-refractivity contribution >= 4 is 12.0 Å². The number of carboxylic acids is 1. The maximum Gasteiger partial charge on any atom is 0.315 e. The number of hydrogen-bond acceptors (Lipinski definition) is 3. The minimum absolute atomic E-state index is 0.00139. The largest absolute Gasteiger partial charge is 0.481 e. The third-order valence-electron chi connectivity index (χ3n) is 3.76. The standard InChI is InChI=1S/C13H22N2O4/c16-11(17)8-13(4-1-5-13)15-12(18)14-6-7-19-9-10-2-3-10/h10H,1-9H2,(H,16,17)(H2,14,15,18). The molecule has 0 bridgehead atoms. The Kier molecular flexibility index (Phi) is 4.63. The number of amides is 2. The minimum Gasteiger partial charge on any atom is -0.481 e. The maximum atomic E-state index is 11.7. The first-order valence-electron chi connectivity index (χ1n) is 6.95. The van der Waals surface area contributed by atoms with Crippen LogP contribution in [0.15, 0.2) is 0 Å². The molecule has 0 atom stereocenters. The summed E-state index contributed by atoms with van der Waals surface area (Å²) >= 11 is 0. The Morgan fingerprint density at radius 1 is 1.32 bits per heavy atom. The van der Waals surface area contributed by atoms with E-state index in [1.165, 1.54) is 12.8 Å². The fraction of sp³-hybridized carbons (Fsp3) is 0.846. The average Bonchev–Trinajstić information content (AvgIpc) is 3.09. The molecule has 3 N–H and O–H groups in total. The smallest absolute Gasteiger partial charge is 0.315 e. The van der Waals surface area contributed by atoms with Crippen molar-refractivity contribution in [2.45, 2.75) is 44.1 Å². The van der Waals surface area contributed by atoms with Crippen LogP contribution in [0.25, 0.3) is 0 Å². The summed E-state index contributed by atoms with van der Waals surface area (Å²) < 4.78 is 5.41. The van der Waals surface area contributed by atoms with Crippen LogP contribution in [0.1, 0.15) is 38.5 Å². The zero-order valence-electron chi connectivity index (χ0n) is 11.1. The number of carbonyl (C=O) groups excluding carboxylic acids is 1. The predicted molar refractivity (Wildman–Crippen MR) is 68.9 cm³/mol. The van der Waals surface area contributed by atoms with Gasteiger partial charge in [0.25, 0.3) is 0 Å². The molecule has 0 unspecified atom stereocenters. The number of carboxylic acid groups (broad SMARTS) is 1. The van der Waals surface area contributed by atoms with Crippen molar-refractivity contribution < 1.29 is 19.4 Å². The van der Waals surface area contributed by atoms with Gasteiger partial charge in [-0.25, -0.2) is 4.79 Å². The average molecular weight is 270 g/mol. The molecule has 2 fully saturated rings. The van der Waals surface area contributed by atoms with Gasteiger partial charge in [0.2, 0.25) is 0 Å². The van der Waals surface area contributed by atoms with Gasteiger partial charge in [-0.1, -0.05) is 0 Å². The second kappa shape index (κ2) is 6.23. The molecule has 0 aromatic heterocycles. The van der Waals surface area contributed by atoms with E-state index >= 15 is 0 Å². The third-order valence-corrected chi connectivity index (χ3v) is 3.76. The molecule has 0 saturated heterocycles. The van der Waals surface area contributed by atoms with Crippen molar-refractivity contribution in [3.63, 3.8) is 0 Å². The highest BCUT2D eigenvalue weighted by atomic mass is 16.5. The lowest BCUT2D eigenvalue weighted by molar-refractivity contribution is -0.139. The number of nitrogens with one attached hydrogen (secondary N) is 2. The van der Waals surface area contributed by atoms with Crippen molar-refractivity contribution in [2.75, 3.05) is 19.8 Å². The van der Waals surface area contributed by atoms with Crippen molar-refractivity contribution in [2.24, 2.45) is 5.92 Å². The van der Waals surface area contributed by atoms with Crippen molar-refractivity contribution in [3.8, 4) is 0 Å². The van der Waals surface area contributed by atoms with Gasteiger partial charge < -0.3 is 20.5 Å². The number of hydrogen-bond donors (Lipinski definition) is 3. The molecule has 2 aliphatic rings. The molecule has 2 aliphatic carbocycles. The first-order valence-corrected chi connectivity index (χ1v) is 6.95. The van der Waals surface area contributed by atoms with Crippen LogP contribution in [0, 0.1) is 5.92 Å². The Morgan fingerprint density at radius 2 is 2.05 bits per heavy atom. The van der Waals surface area contributed by atoms with E-state index in [1.54, 1.807) is 0 Å². The van der Waals surface area contributed by atoms with Gasteiger partial charge in [0.15, 0.2) is 0 Å². The summed E-state index contributed by atoms with van der Waals surface area (Å²) in [7, 11) is 0. The number of ether oxygens (including phenoxy) is 1. The highest BCUT2D eigenvalue weighted by Gasteiger charge is 2.40. The van der Waals surface area contributed by atoms with Crippen LogP contribution < -0.4 is 10.6 Å². The Morgan fingerprint density at radius 3 is 2.58 bits per heavy atom. The van der Waals surface area contributed by atoms with Crippen LogP contribution in [-0.2, 0) is 9.53 Å². The summed E-state index contributed by atoms with van der Waals surface area (Å²) in [6.45, 7) is 1.75. The van der Waals surface area contributed by atoms with E-state index in [0.717, 1.165) is 31.8 Å². The summed E-state index contributed by atoms with van der Waals surface area (Å²) in [5.74, 6) is -0.143. The van der Waals surface area contributed by atoms with E-state index in [2.05, 4.69) is 10.6 Å². The first-order chi connectivity index (χ1) is 9.10. The monoisotopic (exact) mass is 270 g/mol. The van der Waals surface area contributed by atoms with Crippen LogP contribution in [0.4, 0.5) is 4.79 Å². The summed E-state index contributed by atoms with van der Waals surface area (Å²) in [5.41, 5.74) is -0.537. The van der Waals surface area contributed by atoms with E-state index in [-0.39, 0.29) is 12.5 Å². The molecular weight excluding hydrogens is 248 g/mol. The predicted octanol–water partition coefficient (Wildman–Crippen LogP) is 1.11. The lowest BCUT2D eigenvalue weighted by Crippen LogP contribution is -2.57. The zero-order chi connectivity index (χ0) is 13.7. The normalized spacial score (nSPS) is 20.4. The molecule has 0 aliphatic heterocycles. The van der Waals surface area contributed by atoms with Gasteiger partial charge >= 0.3 is 12.0 Å². The molecule has 6 heteroatoms. The summed E-state index contributed by atoms with van der Waals surface area (Å²) in [4.78, 5) is 22.4. The van der Waals surface area contributed by atoms with E-state index in [1.807, 2.05) is 0 Å². The van der Waals surface area contributed by atoms with Crippen LogP contribution in [0.5, 0.6) is 0 Å². The molecule has 2 rings (SSSR count). The second-order valence-corrected chi connectivity index (χ2v) is 5.60. The fourth-order valence-electron chi connectivity index (χ4n) is 2.30. The van der Waals surface area contributed by atoms with Gasteiger partial charge in [0.05, 0.1) is 18.6 Å². The highest BCUT2D eigenvalue weighted by Crippen LogP contribution is 2.34. The molecule has 2 amide bonds. The molecule has 6 nitrogen and oxygen atoms in total. The SMILES string of the molecule is O=C(O)CC1(NC(=O)NCCOCC2CC2)CCC1. The van der Waals surface area contributed by atoms with Crippen LogP contribution >= 0.6 is 0 Å².